The maximum absolute atomic E-state index is 13.2. The van der Waals surface area contributed by atoms with Gasteiger partial charge >= 0.3 is 0 Å². The van der Waals surface area contributed by atoms with Crippen molar-refractivity contribution in [2.24, 2.45) is 5.92 Å². The van der Waals surface area contributed by atoms with Crippen LogP contribution in [-0.2, 0) is 4.79 Å². The molecule has 1 saturated heterocycles. The number of methoxy groups -OCH3 is 2. The Bertz CT molecular complexity index is 916. The summed E-state index contributed by atoms with van der Waals surface area (Å²) in [6.07, 6.45) is 3.60. The molecule has 3 rings (SSSR count). The van der Waals surface area contributed by atoms with Crippen molar-refractivity contribution in [3.05, 3.63) is 65.4 Å². The van der Waals surface area contributed by atoms with Crippen molar-refractivity contribution in [3.63, 3.8) is 0 Å². The number of nitrogens with one attached hydrogen (secondary N) is 1. The van der Waals surface area contributed by atoms with Gasteiger partial charge < -0.3 is 19.7 Å². The van der Waals surface area contributed by atoms with Gasteiger partial charge in [0.25, 0.3) is 11.8 Å². The first-order valence-electron chi connectivity index (χ1n) is 10.1. The van der Waals surface area contributed by atoms with Crippen LogP contribution in [0.3, 0.4) is 0 Å². The monoisotopic (exact) mass is 408 g/mol. The SMILES string of the molecule is COc1ccc(/C=C(\NC(=O)c2ccccc2)C(=O)N2CCC(C)CC2)cc1OC. The van der Waals surface area contributed by atoms with Gasteiger partial charge in [-0.15, -0.1) is 0 Å². The third-order valence-electron chi connectivity index (χ3n) is 5.30. The Morgan fingerprint density at radius 2 is 1.67 bits per heavy atom. The van der Waals surface area contributed by atoms with Crippen LogP contribution in [0.15, 0.2) is 54.2 Å². The second-order valence-electron chi connectivity index (χ2n) is 7.47. The van der Waals surface area contributed by atoms with E-state index in [-0.39, 0.29) is 17.5 Å². The van der Waals surface area contributed by atoms with E-state index in [0.717, 1.165) is 18.4 Å². The number of carbonyl (C=O) groups is 2. The number of ether oxygens (including phenoxy) is 2. The van der Waals surface area contributed by atoms with Crippen molar-refractivity contribution in [1.29, 1.82) is 0 Å². The van der Waals surface area contributed by atoms with Gasteiger partial charge in [0.15, 0.2) is 11.5 Å². The quantitative estimate of drug-likeness (QED) is 0.740. The van der Waals surface area contributed by atoms with Gasteiger partial charge in [0, 0.05) is 18.7 Å². The average Bonchev–Trinajstić information content (AvgIpc) is 2.79. The van der Waals surface area contributed by atoms with Gasteiger partial charge in [0.1, 0.15) is 5.70 Å². The van der Waals surface area contributed by atoms with Gasteiger partial charge in [-0.3, -0.25) is 9.59 Å². The van der Waals surface area contributed by atoms with Gasteiger partial charge in [-0.2, -0.15) is 0 Å². The molecule has 158 valence electrons. The van der Waals surface area contributed by atoms with Crippen LogP contribution in [0.25, 0.3) is 6.08 Å². The van der Waals surface area contributed by atoms with Gasteiger partial charge in [0.2, 0.25) is 0 Å². The van der Waals surface area contributed by atoms with Crippen LogP contribution >= 0.6 is 0 Å². The Balaban J connectivity index is 1.91. The fraction of sp³-hybridized carbons (Fsp3) is 0.333. The number of carbonyl (C=O) groups excluding carboxylic acids is 2. The lowest BCUT2D eigenvalue weighted by molar-refractivity contribution is -0.128. The number of piperidine rings is 1. The van der Waals surface area contributed by atoms with E-state index in [4.69, 9.17) is 9.47 Å². The molecule has 2 aromatic rings. The normalized spacial score (nSPS) is 14.9. The molecule has 0 bridgehead atoms. The molecule has 1 heterocycles. The minimum Gasteiger partial charge on any atom is -0.493 e. The Kier molecular flexibility index (Phi) is 7.12. The molecule has 0 radical (unpaired) electrons. The molecule has 2 amide bonds. The van der Waals surface area contributed by atoms with Crippen molar-refractivity contribution in [3.8, 4) is 11.5 Å². The van der Waals surface area contributed by atoms with Crippen molar-refractivity contribution in [2.45, 2.75) is 19.8 Å². The summed E-state index contributed by atoms with van der Waals surface area (Å²) >= 11 is 0. The second-order valence-corrected chi connectivity index (χ2v) is 7.47. The van der Waals surface area contributed by atoms with Crippen LogP contribution in [0.2, 0.25) is 0 Å². The molecule has 30 heavy (non-hydrogen) atoms. The molecule has 1 aliphatic heterocycles. The first-order valence-corrected chi connectivity index (χ1v) is 10.1. The molecule has 0 unspecified atom stereocenters. The Morgan fingerprint density at radius 1 is 1.00 bits per heavy atom. The number of hydrogen-bond acceptors (Lipinski definition) is 4. The Morgan fingerprint density at radius 3 is 2.30 bits per heavy atom. The molecule has 0 aromatic heterocycles. The van der Waals surface area contributed by atoms with Crippen LogP contribution in [0, 0.1) is 5.92 Å². The van der Waals surface area contributed by atoms with E-state index in [1.807, 2.05) is 12.1 Å². The van der Waals surface area contributed by atoms with E-state index in [1.165, 1.54) is 0 Å². The summed E-state index contributed by atoms with van der Waals surface area (Å²) in [4.78, 5) is 27.8. The molecule has 1 N–H and O–H groups in total. The average molecular weight is 408 g/mol. The zero-order chi connectivity index (χ0) is 21.5. The predicted molar refractivity (Wildman–Crippen MR) is 116 cm³/mol. The molecule has 1 fully saturated rings. The summed E-state index contributed by atoms with van der Waals surface area (Å²) in [5.41, 5.74) is 1.47. The van der Waals surface area contributed by atoms with E-state index in [0.29, 0.717) is 36.1 Å². The Hall–Kier alpha value is -3.28. The van der Waals surface area contributed by atoms with Crippen molar-refractivity contribution < 1.29 is 19.1 Å². The van der Waals surface area contributed by atoms with E-state index >= 15 is 0 Å². The van der Waals surface area contributed by atoms with Gasteiger partial charge in [-0.05, 0) is 54.7 Å². The third-order valence-corrected chi connectivity index (χ3v) is 5.30. The molecule has 0 saturated carbocycles. The maximum Gasteiger partial charge on any atom is 0.270 e. The van der Waals surface area contributed by atoms with Gasteiger partial charge in [-0.1, -0.05) is 31.2 Å². The lowest BCUT2D eigenvalue weighted by Crippen LogP contribution is -2.42. The number of likely N-dealkylation sites (tertiary alicyclic amines) is 1. The summed E-state index contributed by atoms with van der Waals surface area (Å²) in [6, 6.07) is 14.2. The fourth-order valence-electron chi connectivity index (χ4n) is 3.43. The summed E-state index contributed by atoms with van der Waals surface area (Å²) in [5.74, 6) is 1.26. The molecule has 6 heteroatoms. The first kappa shape index (κ1) is 21.4. The topological polar surface area (TPSA) is 67.9 Å². The van der Waals surface area contributed by atoms with E-state index in [9.17, 15) is 9.59 Å². The molecule has 0 spiro atoms. The molecule has 6 nitrogen and oxygen atoms in total. The maximum atomic E-state index is 13.2. The molecule has 0 atom stereocenters. The Labute approximate surface area is 177 Å². The standard InChI is InChI=1S/C24H28N2O4/c1-17-11-13-26(14-12-17)24(28)20(25-23(27)19-7-5-4-6-8-19)15-18-9-10-21(29-2)22(16-18)30-3/h4-10,15-17H,11-14H2,1-3H3,(H,25,27)/b20-15-. The van der Waals surface area contributed by atoms with E-state index in [2.05, 4.69) is 12.2 Å². The highest BCUT2D eigenvalue weighted by Gasteiger charge is 2.24. The minimum absolute atomic E-state index is 0.180. The summed E-state index contributed by atoms with van der Waals surface area (Å²) in [6.45, 7) is 3.56. The molecule has 2 aromatic carbocycles. The van der Waals surface area contributed by atoms with Crippen molar-refractivity contribution >= 4 is 17.9 Å². The first-order chi connectivity index (χ1) is 14.5. The highest BCUT2D eigenvalue weighted by molar-refractivity contribution is 6.05. The predicted octanol–water partition coefficient (Wildman–Crippen LogP) is 3.73. The third kappa shape index (κ3) is 5.20. The summed E-state index contributed by atoms with van der Waals surface area (Å²) < 4.78 is 10.6. The molecular formula is C24H28N2O4. The minimum atomic E-state index is -0.318. The second kappa shape index (κ2) is 9.96. The number of rotatable bonds is 6. The summed E-state index contributed by atoms with van der Waals surface area (Å²) in [5, 5.41) is 2.82. The highest BCUT2D eigenvalue weighted by Crippen LogP contribution is 2.28. The van der Waals surface area contributed by atoms with Crippen LogP contribution in [-0.4, -0.2) is 44.0 Å². The van der Waals surface area contributed by atoms with Crippen molar-refractivity contribution in [2.75, 3.05) is 27.3 Å². The lowest BCUT2D eigenvalue weighted by atomic mass is 9.99. The number of benzene rings is 2. The van der Waals surface area contributed by atoms with Crippen LogP contribution in [0.4, 0.5) is 0 Å². The fourth-order valence-corrected chi connectivity index (χ4v) is 3.43. The van der Waals surface area contributed by atoms with Crippen LogP contribution < -0.4 is 14.8 Å². The number of nitrogens with zero attached hydrogens (tertiary/aromatic N) is 1. The molecule has 0 aliphatic carbocycles. The highest BCUT2D eigenvalue weighted by atomic mass is 16.5. The zero-order valence-corrected chi connectivity index (χ0v) is 17.7. The van der Waals surface area contributed by atoms with E-state index < -0.39 is 0 Å². The van der Waals surface area contributed by atoms with Gasteiger partial charge in [0.05, 0.1) is 14.2 Å². The number of amides is 2. The largest absolute Gasteiger partial charge is 0.493 e. The lowest BCUT2D eigenvalue weighted by Gasteiger charge is -2.31. The molecular weight excluding hydrogens is 380 g/mol. The van der Waals surface area contributed by atoms with Crippen molar-refractivity contribution in [1.82, 2.24) is 10.2 Å². The summed E-state index contributed by atoms with van der Waals surface area (Å²) in [7, 11) is 3.13. The van der Waals surface area contributed by atoms with Crippen LogP contribution in [0.5, 0.6) is 11.5 Å². The smallest absolute Gasteiger partial charge is 0.270 e. The zero-order valence-electron chi connectivity index (χ0n) is 17.7. The van der Waals surface area contributed by atoms with Gasteiger partial charge in [-0.25, -0.2) is 0 Å². The number of hydrogen-bond donors (Lipinski definition) is 1. The van der Waals surface area contributed by atoms with Crippen LogP contribution in [0.1, 0.15) is 35.7 Å². The van der Waals surface area contributed by atoms with E-state index in [1.54, 1.807) is 61.6 Å². The molecule has 1 aliphatic rings.